The third kappa shape index (κ3) is 3.64. The average molecular weight is 213 g/mol. The zero-order valence-electron chi connectivity index (χ0n) is 8.62. The van der Waals surface area contributed by atoms with E-state index in [0.717, 1.165) is 12.8 Å². The second-order valence-electron chi connectivity index (χ2n) is 2.99. The van der Waals surface area contributed by atoms with E-state index in [1.807, 2.05) is 0 Å². The number of ether oxygens (including phenoxy) is 1. The van der Waals surface area contributed by atoms with E-state index in [-0.39, 0.29) is 12.4 Å². The molecule has 0 unspecified atom stereocenters. The van der Waals surface area contributed by atoms with Crippen molar-refractivity contribution >= 4 is 5.82 Å². The molecule has 0 aliphatic rings. The molecule has 0 amide bonds. The van der Waals surface area contributed by atoms with Crippen LogP contribution in [0.3, 0.4) is 0 Å². The molecule has 15 heavy (non-hydrogen) atoms. The fourth-order valence-electron chi connectivity index (χ4n) is 0.991. The van der Waals surface area contributed by atoms with Gasteiger partial charge in [0.1, 0.15) is 5.69 Å². The Morgan fingerprint density at radius 2 is 2.40 bits per heavy atom. The predicted octanol–water partition coefficient (Wildman–Crippen LogP) is -0.233. The Hall–Kier alpha value is -1.47. The Labute approximate surface area is 87.0 Å². The normalized spacial score (nSPS) is 10.3. The molecule has 7 heteroatoms. The SMILES string of the molecule is CCCCOCc1n[nH]c(=O)nc1NN. The number of unbranched alkanes of at least 4 members (excludes halogenated alkanes) is 1. The zero-order chi connectivity index (χ0) is 11.1. The van der Waals surface area contributed by atoms with Crippen LogP contribution in [-0.2, 0) is 11.3 Å². The number of aromatic nitrogens is 3. The Morgan fingerprint density at radius 3 is 3.07 bits per heavy atom. The highest BCUT2D eigenvalue weighted by molar-refractivity contribution is 5.36. The molecular formula is C8H15N5O2. The van der Waals surface area contributed by atoms with Crippen LogP contribution in [-0.4, -0.2) is 21.8 Å². The van der Waals surface area contributed by atoms with Gasteiger partial charge in [-0.2, -0.15) is 10.1 Å². The van der Waals surface area contributed by atoms with Crippen molar-refractivity contribution < 1.29 is 4.74 Å². The van der Waals surface area contributed by atoms with Crippen molar-refractivity contribution in [2.24, 2.45) is 5.84 Å². The lowest BCUT2D eigenvalue weighted by Gasteiger charge is -2.05. The maximum atomic E-state index is 10.8. The second kappa shape index (κ2) is 6.10. The minimum absolute atomic E-state index is 0.246. The van der Waals surface area contributed by atoms with Gasteiger partial charge in [0.2, 0.25) is 0 Å². The minimum atomic E-state index is -0.541. The smallest absolute Gasteiger partial charge is 0.363 e. The molecule has 1 aromatic heterocycles. The molecule has 0 saturated carbocycles. The highest BCUT2D eigenvalue weighted by Crippen LogP contribution is 2.05. The number of hydrazine groups is 1. The van der Waals surface area contributed by atoms with Crippen LogP contribution < -0.4 is 17.0 Å². The Kier molecular flexibility index (Phi) is 4.72. The van der Waals surface area contributed by atoms with Gasteiger partial charge in [-0.15, -0.1) is 0 Å². The number of nitrogen functional groups attached to an aromatic ring is 1. The quantitative estimate of drug-likeness (QED) is 0.342. The van der Waals surface area contributed by atoms with E-state index in [1.165, 1.54) is 0 Å². The van der Waals surface area contributed by atoms with Crippen LogP contribution in [0.4, 0.5) is 5.82 Å². The average Bonchev–Trinajstić information content (AvgIpc) is 2.26. The van der Waals surface area contributed by atoms with Crippen LogP contribution in [0.15, 0.2) is 4.79 Å². The van der Waals surface area contributed by atoms with E-state index in [0.29, 0.717) is 12.3 Å². The third-order valence-corrected chi connectivity index (χ3v) is 1.79. The summed E-state index contributed by atoms with van der Waals surface area (Å²) in [5, 5.41) is 6.00. The van der Waals surface area contributed by atoms with Gasteiger partial charge in [-0.3, -0.25) is 0 Å². The molecule has 84 valence electrons. The number of hydrogen-bond donors (Lipinski definition) is 3. The van der Waals surface area contributed by atoms with Gasteiger partial charge < -0.3 is 10.2 Å². The van der Waals surface area contributed by atoms with E-state index < -0.39 is 5.69 Å². The van der Waals surface area contributed by atoms with Crippen molar-refractivity contribution in [1.82, 2.24) is 15.2 Å². The summed E-state index contributed by atoms with van der Waals surface area (Å²) in [7, 11) is 0. The summed E-state index contributed by atoms with van der Waals surface area (Å²) in [6.45, 7) is 3.01. The van der Waals surface area contributed by atoms with Crippen LogP contribution in [0.1, 0.15) is 25.5 Å². The van der Waals surface area contributed by atoms with Gasteiger partial charge in [-0.25, -0.2) is 15.7 Å². The fraction of sp³-hybridized carbons (Fsp3) is 0.625. The van der Waals surface area contributed by atoms with E-state index >= 15 is 0 Å². The Balaban J connectivity index is 2.56. The zero-order valence-corrected chi connectivity index (χ0v) is 8.62. The number of nitrogens with one attached hydrogen (secondary N) is 2. The van der Waals surface area contributed by atoms with E-state index in [2.05, 4.69) is 27.5 Å². The van der Waals surface area contributed by atoms with Crippen LogP contribution in [0.5, 0.6) is 0 Å². The first-order valence-corrected chi connectivity index (χ1v) is 4.78. The number of nitrogens with two attached hydrogens (primary N) is 1. The molecule has 1 heterocycles. The summed E-state index contributed by atoms with van der Waals surface area (Å²) < 4.78 is 5.32. The molecule has 0 radical (unpaired) electrons. The van der Waals surface area contributed by atoms with Gasteiger partial charge in [0.25, 0.3) is 0 Å². The van der Waals surface area contributed by atoms with Crippen molar-refractivity contribution in [2.75, 3.05) is 12.0 Å². The molecule has 1 aromatic rings. The van der Waals surface area contributed by atoms with Gasteiger partial charge >= 0.3 is 5.69 Å². The molecule has 0 aliphatic heterocycles. The van der Waals surface area contributed by atoms with Gasteiger partial charge in [-0.1, -0.05) is 13.3 Å². The highest BCUT2D eigenvalue weighted by Gasteiger charge is 2.05. The van der Waals surface area contributed by atoms with E-state index in [9.17, 15) is 4.79 Å². The van der Waals surface area contributed by atoms with E-state index in [4.69, 9.17) is 10.6 Å². The molecular weight excluding hydrogens is 198 g/mol. The Bertz CT molecular complexity index is 351. The van der Waals surface area contributed by atoms with E-state index in [1.54, 1.807) is 0 Å². The molecule has 0 aliphatic carbocycles. The maximum absolute atomic E-state index is 10.8. The fourth-order valence-corrected chi connectivity index (χ4v) is 0.991. The van der Waals surface area contributed by atoms with Crippen LogP contribution in [0.25, 0.3) is 0 Å². The summed E-state index contributed by atoms with van der Waals surface area (Å²) in [5.41, 5.74) is 2.26. The lowest BCUT2D eigenvalue weighted by Crippen LogP contribution is -2.21. The summed E-state index contributed by atoms with van der Waals surface area (Å²) in [6, 6.07) is 0. The van der Waals surface area contributed by atoms with Crippen molar-refractivity contribution in [3.8, 4) is 0 Å². The van der Waals surface area contributed by atoms with Gasteiger partial charge in [0, 0.05) is 6.61 Å². The monoisotopic (exact) mass is 213 g/mol. The van der Waals surface area contributed by atoms with Crippen molar-refractivity contribution in [3.63, 3.8) is 0 Å². The van der Waals surface area contributed by atoms with Crippen molar-refractivity contribution in [2.45, 2.75) is 26.4 Å². The Morgan fingerprint density at radius 1 is 1.60 bits per heavy atom. The molecule has 0 spiro atoms. The van der Waals surface area contributed by atoms with Crippen LogP contribution >= 0.6 is 0 Å². The summed E-state index contributed by atoms with van der Waals surface area (Å²) in [5.74, 6) is 5.43. The molecule has 4 N–H and O–H groups in total. The van der Waals surface area contributed by atoms with Crippen LogP contribution in [0, 0.1) is 0 Å². The molecule has 0 bridgehead atoms. The number of hydrogen-bond acceptors (Lipinski definition) is 6. The standard InChI is InChI=1S/C8H15N5O2/c1-2-3-4-15-5-6-7(11-9)10-8(14)13-12-6/h2-5,9H2,1H3,(H2,10,11,13,14). The number of aromatic amines is 1. The summed E-state index contributed by atoms with van der Waals surface area (Å²) in [6.07, 6.45) is 2.06. The van der Waals surface area contributed by atoms with Crippen molar-refractivity contribution in [3.05, 3.63) is 16.2 Å². The number of H-pyrrole nitrogens is 1. The third-order valence-electron chi connectivity index (χ3n) is 1.79. The lowest BCUT2D eigenvalue weighted by molar-refractivity contribution is 0.115. The molecule has 0 fully saturated rings. The number of anilines is 1. The van der Waals surface area contributed by atoms with Crippen molar-refractivity contribution in [1.29, 1.82) is 0 Å². The topological polar surface area (TPSA) is 106 Å². The molecule has 0 saturated heterocycles. The number of nitrogens with zero attached hydrogens (tertiary/aromatic N) is 2. The molecule has 1 rings (SSSR count). The highest BCUT2D eigenvalue weighted by atomic mass is 16.5. The minimum Gasteiger partial charge on any atom is -0.375 e. The molecule has 0 atom stereocenters. The molecule has 7 nitrogen and oxygen atoms in total. The maximum Gasteiger partial charge on any atom is 0.363 e. The predicted molar refractivity (Wildman–Crippen MR) is 55.0 cm³/mol. The van der Waals surface area contributed by atoms with Gasteiger partial charge in [0.05, 0.1) is 6.61 Å². The van der Waals surface area contributed by atoms with Crippen LogP contribution in [0.2, 0.25) is 0 Å². The lowest BCUT2D eigenvalue weighted by atomic mass is 10.4. The number of rotatable bonds is 6. The second-order valence-corrected chi connectivity index (χ2v) is 2.99. The first-order valence-electron chi connectivity index (χ1n) is 4.78. The summed E-state index contributed by atoms with van der Waals surface area (Å²) >= 11 is 0. The first kappa shape index (κ1) is 11.6. The first-order chi connectivity index (χ1) is 7.27. The van der Waals surface area contributed by atoms with Gasteiger partial charge in [-0.05, 0) is 6.42 Å². The van der Waals surface area contributed by atoms with Gasteiger partial charge in [0.15, 0.2) is 5.82 Å². The largest absolute Gasteiger partial charge is 0.375 e. The summed E-state index contributed by atoms with van der Waals surface area (Å²) in [4.78, 5) is 14.4. The molecule has 0 aromatic carbocycles.